The Morgan fingerprint density at radius 2 is 2.00 bits per heavy atom. The van der Waals surface area contributed by atoms with Gasteiger partial charge in [0.2, 0.25) is 5.95 Å². The van der Waals surface area contributed by atoms with Crippen molar-refractivity contribution in [2.75, 3.05) is 18.5 Å². The lowest BCUT2D eigenvalue weighted by atomic mass is 10.0. The maximum absolute atomic E-state index is 5.83. The molecule has 3 aromatic rings. The number of benzene rings is 1. The van der Waals surface area contributed by atoms with Crippen molar-refractivity contribution in [1.29, 1.82) is 0 Å². The minimum atomic E-state index is 0.730. The van der Waals surface area contributed by atoms with Crippen molar-refractivity contribution in [3.8, 4) is 16.9 Å². The molecule has 0 fully saturated rings. The lowest BCUT2D eigenvalue weighted by molar-refractivity contribution is 0.314. The molecular formula is C19H24N4O. The van der Waals surface area contributed by atoms with Gasteiger partial charge >= 0.3 is 0 Å². The maximum Gasteiger partial charge on any atom is 0.202 e. The average molecular weight is 324 g/mol. The van der Waals surface area contributed by atoms with Crippen molar-refractivity contribution in [3.05, 3.63) is 36.0 Å². The fraction of sp³-hybridized carbons (Fsp3) is 0.368. The second kappa shape index (κ2) is 7.34. The van der Waals surface area contributed by atoms with Gasteiger partial charge in [-0.05, 0) is 49.1 Å². The van der Waals surface area contributed by atoms with Crippen molar-refractivity contribution >= 4 is 17.1 Å². The number of H-pyrrole nitrogens is 1. The van der Waals surface area contributed by atoms with E-state index in [0.29, 0.717) is 0 Å². The molecule has 5 nitrogen and oxygen atoms in total. The number of aromatic amines is 1. The van der Waals surface area contributed by atoms with E-state index in [0.717, 1.165) is 60.0 Å². The van der Waals surface area contributed by atoms with Gasteiger partial charge in [0.05, 0.1) is 12.1 Å². The molecule has 0 aliphatic carbocycles. The van der Waals surface area contributed by atoms with Gasteiger partial charge in [-0.15, -0.1) is 0 Å². The highest BCUT2D eigenvalue weighted by molar-refractivity contribution is 5.80. The van der Waals surface area contributed by atoms with Crippen LogP contribution in [0, 0.1) is 0 Å². The summed E-state index contributed by atoms with van der Waals surface area (Å²) >= 11 is 0. The van der Waals surface area contributed by atoms with Gasteiger partial charge in [-0.3, -0.25) is 0 Å². The zero-order valence-electron chi connectivity index (χ0n) is 14.5. The molecule has 2 aromatic heterocycles. The van der Waals surface area contributed by atoms with Crippen molar-refractivity contribution in [3.63, 3.8) is 0 Å². The molecule has 0 saturated heterocycles. The third-order valence-corrected chi connectivity index (χ3v) is 3.92. The summed E-state index contributed by atoms with van der Waals surface area (Å²) in [6.07, 6.45) is 3.83. The number of hydrogen-bond acceptors (Lipinski definition) is 4. The second-order valence-electron chi connectivity index (χ2n) is 5.74. The Balaban J connectivity index is 1.94. The summed E-state index contributed by atoms with van der Waals surface area (Å²) in [5.41, 5.74) is 5.11. The molecule has 0 radical (unpaired) electrons. The van der Waals surface area contributed by atoms with Crippen LogP contribution in [0.4, 0.5) is 5.95 Å². The number of nitrogens with one attached hydrogen (secondary N) is 2. The van der Waals surface area contributed by atoms with E-state index in [-0.39, 0.29) is 0 Å². The largest absolute Gasteiger partial charge is 0.493 e. The molecule has 0 unspecified atom stereocenters. The number of aromatic nitrogens is 3. The maximum atomic E-state index is 5.83. The van der Waals surface area contributed by atoms with Crippen molar-refractivity contribution in [1.82, 2.24) is 15.0 Å². The number of hydrogen-bond donors (Lipinski definition) is 2. The van der Waals surface area contributed by atoms with E-state index < -0.39 is 0 Å². The van der Waals surface area contributed by atoms with Gasteiger partial charge in [-0.2, -0.15) is 4.98 Å². The highest BCUT2D eigenvalue weighted by Gasteiger charge is 2.09. The Hall–Kier alpha value is -2.56. The quantitative estimate of drug-likeness (QED) is 0.676. The van der Waals surface area contributed by atoms with Gasteiger partial charge in [0.1, 0.15) is 5.75 Å². The van der Waals surface area contributed by atoms with E-state index in [1.54, 1.807) is 0 Å². The number of fused-ring (bicyclic) bond motifs is 1. The van der Waals surface area contributed by atoms with Crippen LogP contribution in [0.25, 0.3) is 22.3 Å². The predicted molar refractivity (Wildman–Crippen MR) is 98.7 cm³/mol. The first-order valence-electron chi connectivity index (χ1n) is 8.60. The third kappa shape index (κ3) is 3.35. The van der Waals surface area contributed by atoms with Crippen LogP contribution in [-0.2, 0) is 6.42 Å². The lowest BCUT2D eigenvalue weighted by Crippen LogP contribution is -1.98. The molecule has 0 amide bonds. The Morgan fingerprint density at radius 3 is 2.75 bits per heavy atom. The molecule has 2 heterocycles. The predicted octanol–water partition coefficient (Wildman–Crippen LogP) is 4.41. The topological polar surface area (TPSA) is 62.8 Å². The summed E-state index contributed by atoms with van der Waals surface area (Å²) < 4.78 is 5.83. The first-order chi connectivity index (χ1) is 11.7. The molecular weight excluding hydrogens is 300 g/mol. The van der Waals surface area contributed by atoms with Crippen LogP contribution in [0.3, 0.4) is 0 Å². The standard InChI is InChI=1S/C19H24N4O/c1-4-9-24-17-8-7-14(10-13(17)5-2)15-11-16-18(21-12-15)23-19(22-16)20-6-3/h7-8,10-12H,4-6,9H2,1-3H3,(H2,20,21,22,23). The summed E-state index contributed by atoms with van der Waals surface area (Å²) in [6, 6.07) is 8.44. The van der Waals surface area contributed by atoms with Crippen LogP contribution in [-0.4, -0.2) is 28.1 Å². The Kier molecular flexibility index (Phi) is 4.99. The van der Waals surface area contributed by atoms with E-state index >= 15 is 0 Å². The van der Waals surface area contributed by atoms with Crippen LogP contribution >= 0.6 is 0 Å². The molecule has 0 aliphatic rings. The minimum absolute atomic E-state index is 0.730. The summed E-state index contributed by atoms with van der Waals surface area (Å²) in [5.74, 6) is 1.74. The Morgan fingerprint density at radius 1 is 1.12 bits per heavy atom. The fourth-order valence-corrected chi connectivity index (χ4v) is 2.70. The highest BCUT2D eigenvalue weighted by atomic mass is 16.5. The zero-order valence-corrected chi connectivity index (χ0v) is 14.5. The molecule has 1 aromatic carbocycles. The summed E-state index contributed by atoms with van der Waals surface area (Å²) in [7, 11) is 0. The summed E-state index contributed by atoms with van der Waals surface area (Å²) in [5, 5.41) is 3.18. The van der Waals surface area contributed by atoms with Crippen molar-refractivity contribution in [2.24, 2.45) is 0 Å². The minimum Gasteiger partial charge on any atom is -0.493 e. The molecule has 0 atom stereocenters. The number of nitrogens with zero attached hydrogens (tertiary/aromatic N) is 2. The van der Waals surface area contributed by atoms with Crippen LogP contribution in [0.2, 0.25) is 0 Å². The van der Waals surface area contributed by atoms with Crippen LogP contribution in [0.15, 0.2) is 30.5 Å². The SMILES string of the molecule is CCCOc1ccc(-c2cnc3nc(NCC)[nH]c3c2)cc1CC. The molecule has 3 rings (SSSR count). The number of pyridine rings is 1. The van der Waals surface area contributed by atoms with Gasteiger partial charge in [0.25, 0.3) is 0 Å². The van der Waals surface area contributed by atoms with E-state index in [2.05, 4.69) is 58.4 Å². The van der Waals surface area contributed by atoms with E-state index in [9.17, 15) is 0 Å². The fourth-order valence-electron chi connectivity index (χ4n) is 2.70. The van der Waals surface area contributed by atoms with Gasteiger partial charge in [0, 0.05) is 18.3 Å². The Bertz CT molecular complexity index is 825. The number of ether oxygens (including phenoxy) is 1. The molecule has 5 heteroatoms. The molecule has 2 N–H and O–H groups in total. The monoisotopic (exact) mass is 324 g/mol. The van der Waals surface area contributed by atoms with Gasteiger partial charge in [-0.1, -0.05) is 19.9 Å². The second-order valence-corrected chi connectivity index (χ2v) is 5.74. The average Bonchev–Trinajstić information content (AvgIpc) is 3.01. The first kappa shape index (κ1) is 16.3. The smallest absolute Gasteiger partial charge is 0.202 e. The molecule has 0 spiro atoms. The first-order valence-corrected chi connectivity index (χ1v) is 8.60. The normalized spacial score (nSPS) is 11.0. The number of anilines is 1. The van der Waals surface area contributed by atoms with Gasteiger partial charge < -0.3 is 15.0 Å². The van der Waals surface area contributed by atoms with E-state index in [1.807, 2.05) is 13.1 Å². The molecule has 24 heavy (non-hydrogen) atoms. The number of rotatable bonds is 7. The van der Waals surface area contributed by atoms with Crippen molar-refractivity contribution < 1.29 is 4.74 Å². The number of imidazole rings is 1. The van der Waals surface area contributed by atoms with Crippen LogP contribution < -0.4 is 10.1 Å². The molecule has 0 saturated carbocycles. The summed E-state index contributed by atoms with van der Waals surface area (Å²) in [6.45, 7) is 7.89. The summed E-state index contributed by atoms with van der Waals surface area (Å²) in [4.78, 5) is 12.2. The van der Waals surface area contributed by atoms with E-state index in [4.69, 9.17) is 4.74 Å². The number of aryl methyl sites for hydroxylation is 1. The van der Waals surface area contributed by atoms with Crippen LogP contribution in [0.1, 0.15) is 32.8 Å². The van der Waals surface area contributed by atoms with Crippen LogP contribution in [0.5, 0.6) is 5.75 Å². The van der Waals surface area contributed by atoms with Gasteiger partial charge in [0.15, 0.2) is 5.65 Å². The Labute approximate surface area is 142 Å². The third-order valence-electron chi connectivity index (χ3n) is 3.92. The zero-order chi connectivity index (χ0) is 16.9. The lowest BCUT2D eigenvalue weighted by Gasteiger charge is -2.11. The van der Waals surface area contributed by atoms with Gasteiger partial charge in [-0.25, -0.2) is 4.98 Å². The van der Waals surface area contributed by atoms with Crippen molar-refractivity contribution in [2.45, 2.75) is 33.6 Å². The molecule has 0 bridgehead atoms. The molecule has 126 valence electrons. The molecule has 0 aliphatic heterocycles. The van der Waals surface area contributed by atoms with E-state index in [1.165, 1.54) is 5.56 Å². The highest BCUT2D eigenvalue weighted by Crippen LogP contribution is 2.28.